The largest absolute Gasteiger partial charge is 0.872 e. The van der Waals surface area contributed by atoms with Crippen LogP contribution in [0.3, 0.4) is 0 Å². The van der Waals surface area contributed by atoms with Crippen LogP contribution in [0.4, 0.5) is 0 Å². The summed E-state index contributed by atoms with van der Waals surface area (Å²) in [6.07, 6.45) is 0. The Labute approximate surface area is 566 Å². The van der Waals surface area contributed by atoms with Crippen molar-refractivity contribution >= 4 is 172 Å². The molecule has 4 aromatic rings. The van der Waals surface area contributed by atoms with E-state index in [9.17, 15) is 10.2 Å². The van der Waals surface area contributed by atoms with Gasteiger partial charge in [-0.1, -0.05) is 134 Å². The van der Waals surface area contributed by atoms with Gasteiger partial charge in [-0.3, -0.25) is 4.21 Å². The molecule has 0 atom stereocenters. The van der Waals surface area contributed by atoms with Crippen molar-refractivity contribution in [1.29, 1.82) is 0 Å². The molecule has 0 spiro atoms. The molecule has 0 aliphatic carbocycles. The molecule has 0 unspecified atom stereocenters. The Morgan fingerprint density at radius 3 is 0.917 bits per heavy atom. The first-order chi connectivity index (χ1) is 19.8. The summed E-state index contributed by atoms with van der Waals surface area (Å²) in [7, 11) is 7.43. The van der Waals surface area contributed by atoms with E-state index in [2.05, 4.69) is 49.7 Å². The third-order valence-electron chi connectivity index (χ3n) is 4.71. The van der Waals surface area contributed by atoms with Gasteiger partial charge in [-0.05, 0) is 22.3 Å². The van der Waals surface area contributed by atoms with E-state index in [4.69, 9.17) is 13.3 Å². The number of benzene rings is 4. The van der Waals surface area contributed by atoms with E-state index in [1.807, 2.05) is 113 Å². The summed E-state index contributed by atoms with van der Waals surface area (Å²) in [6.45, 7) is 0. The van der Waals surface area contributed by atoms with Crippen LogP contribution in [0.5, 0.6) is 11.5 Å². The van der Waals surface area contributed by atoms with E-state index in [0.29, 0.717) is 8.64 Å². The van der Waals surface area contributed by atoms with Crippen molar-refractivity contribution in [2.24, 2.45) is 0 Å². The van der Waals surface area contributed by atoms with Crippen molar-refractivity contribution in [2.75, 3.05) is 28.2 Å². The first-order valence-corrected chi connectivity index (χ1v) is 14.7. The molecule has 0 saturated heterocycles. The summed E-state index contributed by atoms with van der Waals surface area (Å²) in [4.78, 5) is 3.52. The normalized spacial score (nSPS) is 8.02. The number of hydrogen-bond donors (Lipinski definition) is 2. The molecule has 0 radical (unpaired) electrons. The Morgan fingerprint density at radius 2 is 0.729 bits per heavy atom. The fourth-order valence-electron chi connectivity index (χ4n) is 2.65. The van der Waals surface area contributed by atoms with Crippen molar-refractivity contribution < 1.29 is 229 Å². The van der Waals surface area contributed by atoms with Gasteiger partial charge in [-0.25, -0.2) is 0 Å². The Hall–Kier alpha value is 6.85. The van der Waals surface area contributed by atoms with Gasteiger partial charge >= 0.3 is 308 Å². The first-order valence-electron chi connectivity index (χ1n) is 12.0. The van der Waals surface area contributed by atoms with Crippen LogP contribution in [0.15, 0.2) is 109 Å². The smallest absolute Gasteiger partial charge is 0.0190 e. The predicted molar refractivity (Wildman–Crippen MR) is 197 cm³/mol. The third-order valence-corrected chi connectivity index (χ3v) is 6.24. The summed E-state index contributed by atoms with van der Waals surface area (Å²) >= 11 is 13.8. The van der Waals surface area contributed by atoms with E-state index in [1.165, 1.54) is 0 Å². The molecule has 0 N–H and O–H groups in total. The molecule has 7 nitrogen and oxygen atoms in total. The zero-order chi connectivity index (χ0) is 32.1. The van der Waals surface area contributed by atoms with E-state index >= 15 is 0 Å². The van der Waals surface area contributed by atoms with Crippen molar-refractivity contribution in [2.45, 2.75) is 0 Å². The van der Waals surface area contributed by atoms with E-state index in [0.717, 1.165) is 22.3 Å². The molecule has 4 rings (SSSR count). The van der Waals surface area contributed by atoms with Crippen LogP contribution in [-0.4, -0.2) is 163 Å². The Bertz CT molecular complexity index is 1280. The molecule has 18 heteroatoms. The molecular formula is C30H34K6N2O5S5. The SMILES string of the molecule is CN(C)C(=S)S.CN(C)C(=S)S.O=S([O-])[O-].[K+].[K+].[K+].[K+].[KH].[KH].[O-]c1ccccc1-c1ccccc1.[O-]c1ccccc1-c1ccccc1. The standard InChI is InChI=1S/2C12H10O.2C3H7NS2.6K.H2O3S.2H/c2*13-12-9-5-4-8-11(12)10-6-2-1-3-7-10;2*1-4(2)3(5)6;;;;;;;1-4(2)3;;/h2*1-9,13H;2*1-2H3,(H,5,6);;;;;;;(H2,1,2,3);;/q;;;;;;4*+1;;;/p-4. The first kappa shape index (κ1) is 69.5. The zero-order valence-electron chi connectivity index (χ0n) is 27.4. The molecule has 4 aromatic carbocycles. The topological polar surface area (TPSA) is 116 Å². The molecule has 0 aromatic heterocycles. The minimum atomic E-state index is -3.11. The van der Waals surface area contributed by atoms with Crippen molar-refractivity contribution in [3.8, 4) is 33.8 Å². The summed E-state index contributed by atoms with van der Waals surface area (Å²) < 4.78 is 26.6. The second-order valence-corrected chi connectivity index (χ2v) is 10.9. The Kier molecular flexibility index (Phi) is 65.0. The van der Waals surface area contributed by atoms with Crippen molar-refractivity contribution in [3.63, 3.8) is 0 Å². The molecular weight excluding hydrogens is 863 g/mol. The Balaban J connectivity index is -0.0000000907. The molecule has 0 saturated carbocycles. The van der Waals surface area contributed by atoms with Crippen molar-refractivity contribution in [3.05, 3.63) is 109 Å². The molecule has 0 aliphatic rings. The van der Waals surface area contributed by atoms with Crippen LogP contribution in [0, 0.1) is 0 Å². The third kappa shape index (κ3) is 38.4. The number of hydrogen-bond acceptors (Lipinski definition) is 7. The minimum absolute atomic E-state index is 0. The summed E-state index contributed by atoms with van der Waals surface area (Å²) in [5, 5.41) is 22.8. The van der Waals surface area contributed by atoms with Gasteiger partial charge in [0.1, 0.15) is 8.64 Å². The fraction of sp³-hybridized carbons (Fsp3) is 0.133. The summed E-state index contributed by atoms with van der Waals surface area (Å²) in [6, 6.07) is 33.5. The fourth-order valence-corrected chi connectivity index (χ4v) is 2.65. The number of thiocarbonyl (C=S) groups is 2. The van der Waals surface area contributed by atoms with Crippen LogP contribution in [0.2, 0.25) is 0 Å². The molecule has 0 bridgehead atoms. The number of para-hydroxylation sites is 2. The van der Waals surface area contributed by atoms with Gasteiger partial charge in [0.2, 0.25) is 0 Å². The van der Waals surface area contributed by atoms with Crippen LogP contribution in [-0.2, 0) is 11.4 Å². The maximum absolute atomic E-state index is 11.4. The van der Waals surface area contributed by atoms with Gasteiger partial charge in [-0.15, -0.1) is 48.1 Å². The summed E-state index contributed by atoms with van der Waals surface area (Å²) in [5.41, 5.74) is 3.49. The maximum atomic E-state index is 11.4. The van der Waals surface area contributed by atoms with Crippen molar-refractivity contribution in [1.82, 2.24) is 9.80 Å². The molecule has 0 fully saturated rings. The van der Waals surface area contributed by atoms with Crippen LogP contribution < -0.4 is 216 Å². The summed E-state index contributed by atoms with van der Waals surface area (Å²) in [5.74, 6) is 0.155. The molecule has 0 heterocycles. The van der Waals surface area contributed by atoms with Crippen LogP contribution in [0.1, 0.15) is 0 Å². The van der Waals surface area contributed by atoms with Gasteiger partial charge in [0, 0.05) is 28.2 Å². The maximum Gasteiger partial charge on any atom is -0.0190 e. The van der Waals surface area contributed by atoms with Gasteiger partial charge < -0.3 is 29.1 Å². The quantitative estimate of drug-likeness (QED) is 0.0878. The van der Waals surface area contributed by atoms with Crippen LogP contribution >= 0.6 is 49.7 Å². The van der Waals surface area contributed by atoms with Gasteiger partial charge in [0.05, 0.1) is 0 Å². The van der Waals surface area contributed by atoms with Gasteiger partial charge in [0.15, 0.2) is 0 Å². The number of thiol groups is 2. The van der Waals surface area contributed by atoms with E-state index in [1.54, 1.807) is 34.1 Å². The monoisotopic (exact) mass is 896 g/mol. The molecule has 0 amide bonds. The minimum Gasteiger partial charge on any atom is -0.872 e. The molecule has 48 heavy (non-hydrogen) atoms. The Morgan fingerprint density at radius 1 is 0.542 bits per heavy atom. The average Bonchev–Trinajstić information content (AvgIpc) is 2.95. The van der Waals surface area contributed by atoms with Gasteiger partial charge in [0.25, 0.3) is 0 Å². The predicted octanol–water partition coefficient (Wildman–Crippen LogP) is -7.91. The van der Waals surface area contributed by atoms with E-state index < -0.39 is 11.4 Å². The average molecular weight is 898 g/mol. The van der Waals surface area contributed by atoms with E-state index in [-0.39, 0.29) is 320 Å². The molecule has 230 valence electrons. The molecule has 0 aliphatic heterocycles. The zero-order valence-corrected chi connectivity index (χ0v) is 44.2. The number of rotatable bonds is 2. The second kappa shape index (κ2) is 44.9. The number of nitrogens with zero attached hydrogens (tertiary/aromatic N) is 2. The van der Waals surface area contributed by atoms with Crippen LogP contribution in [0.25, 0.3) is 22.3 Å². The van der Waals surface area contributed by atoms with Gasteiger partial charge in [-0.2, -0.15) is 0 Å². The second-order valence-electron chi connectivity index (χ2n) is 8.28.